The van der Waals surface area contributed by atoms with Crippen LogP contribution in [-0.4, -0.2) is 64.0 Å². The highest BCUT2D eigenvalue weighted by Crippen LogP contribution is 2.27. The van der Waals surface area contributed by atoms with Gasteiger partial charge in [-0.25, -0.2) is 4.68 Å². The van der Waals surface area contributed by atoms with Gasteiger partial charge in [0.15, 0.2) is 5.65 Å². The Labute approximate surface area is 193 Å². The Balaban J connectivity index is 1.47. The summed E-state index contributed by atoms with van der Waals surface area (Å²) in [6.45, 7) is 9.41. The highest BCUT2D eigenvalue weighted by molar-refractivity contribution is 5.90. The molecule has 5 rings (SSSR count). The van der Waals surface area contributed by atoms with Crippen LogP contribution in [0.15, 0.2) is 54.7 Å². The van der Waals surface area contributed by atoms with E-state index in [1.807, 2.05) is 41.2 Å². The first-order chi connectivity index (χ1) is 16.2. The molecule has 170 valence electrons. The number of aromatic nitrogens is 4. The number of hydrogen-bond acceptors (Lipinski definition) is 7. The number of aryl methyl sites for hydroxylation is 2. The lowest BCUT2D eigenvalue weighted by molar-refractivity contribution is 0.0398. The Morgan fingerprint density at radius 2 is 1.79 bits per heavy atom. The first kappa shape index (κ1) is 21.4. The van der Waals surface area contributed by atoms with Gasteiger partial charge >= 0.3 is 0 Å². The van der Waals surface area contributed by atoms with E-state index in [1.54, 1.807) is 0 Å². The van der Waals surface area contributed by atoms with Crippen molar-refractivity contribution < 1.29 is 4.74 Å². The maximum Gasteiger partial charge on any atom is 0.226 e. The molecule has 0 bridgehead atoms. The van der Waals surface area contributed by atoms with Crippen LogP contribution in [0.1, 0.15) is 11.1 Å². The van der Waals surface area contributed by atoms with Gasteiger partial charge in [0.2, 0.25) is 5.95 Å². The zero-order valence-corrected chi connectivity index (χ0v) is 19.1. The number of benzene rings is 2. The molecule has 33 heavy (non-hydrogen) atoms. The summed E-state index contributed by atoms with van der Waals surface area (Å²) in [4.78, 5) is 12.0. The van der Waals surface area contributed by atoms with E-state index in [0.29, 0.717) is 5.95 Å². The Kier molecular flexibility index (Phi) is 6.19. The lowest BCUT2D eigenvalue weighted by atomic mass is 10.1. The lowest BCUT2D eigenvalue weighted by Crippen LogP contribution is -2.39. The van der Waals surface area contributed by atoms with Crippen molar-refractivity contribution in [3.8, 4) is 5.69 Å². The first-order valence-corrected chi connectivity index (χ1v) is 11.4. The summed E-state index contributed by atoms with van der Waals surface area (Å²) < 4.78 is 7.30. The summed E-state index contributed by atoms with van der Waals surface area (Å²) in [6, 6.07) is 16.4. The zero-order valence-electron chi connectivity index (χ0n) is 19.1. The molecular formula is C25H29N7O. The van der Waals surface area contributed by atoms with E-state index in [2.05, 4.69) is 52.7 Å². The van der Waals surface area contributed by atoms with Gasteiger partial charge in [-0.1, -0.05) is 24.3 Å². The monoisotopic (exact) mass is 443 g/mol. The van der Waals surface area contributed by atoms with Gasteiger partial charge in [-0.2, -0.15) is 15.1 Å². The predicted octanol–water partition coefficient (Wildman–Crippen LogP) is 3.92. The van der Waals surface area contributed by atoms with Gasteiger partial charge < -0.3 is 15.4 Å². The van der Waals surface area contributed by atoms with Crippen molar-refractivity contribution in [2.45, 2.75) is 13.8 Å². The average molecular weight is 444 g/mol. The summed E-state index contributed by atoms with van der Waals surface area (Å²) in [6.07, 6.45) is 1.82. The van der Waals surface area contributed by atoms with Gasteiger partial charge in [0.25, 0.3) is 0 Å². The van der Waals surface area contributed by atoms with Crippen molar-refractivity contribution in [2.24, 2.45) is 0 Å². The molecule has 8 heteroatoms. The van der Waals surface area contributed by atoms with Crippen LogP contribution in [0.25, 0.3) is 16.7 Å². The van der Waals surface area contributed by atoms with Crippen molar-refractivity contribution in [1.82, 2.24) is 24.6 Å². The molecule has 1 aliphatic rings. The highest BCUT2D eigenvalue weighted by Gasteiger charge is 2.15. The second-order valence-corrected chi connectivity index (χ2v) is 8.33. The number of ether oxygens (including phenoxy) is 1. The van der Waals surface area contributed by atoms with Crippen molar-refractivity contribution in [3.05, 3.63) is 65.9 Å². The third-order valence-corrected chi connectivity index (χ3v) is 6.01. The quantitative estimate of drug-likeness (QED) is 0.448. The molecule has 0 spiro atoms. The van der Waals surface area contributed by atoms with E-state index < -0.39 is 0 Å². The van der Waals surface area contributed by atoms with Gasteiger partial charge in [0.05, 0.1) is 30.5 Å². The van der Waals surface area contributed by atoms with Crippen LogP contribution in [0.4, 0.5) is 17.5 Å². The summed E-state index contributed by atoms with van der Waals surface area (Å²) in [5.74, 6) is 1.32. The van der Waals surface area contributed by atoms with E-state index in [-0.39, 0.29) is 0 Å². The molecule has 2 N–H and O–H groups in total. The van der Waals surface area contributed by atoms with Crippen molar-refractivity contribution >= 4 is 28.5 Å². The predicted molar refractivity (Wildman–Crippen MR) is 132 cm³/mol. The topological polar surface area (TPSA) is 80.1 Å². The molecular weight excluding hydrogens is 414 g/mol. The van der Waals surface area contributed by atoms with E-state index >= 15 is 0 Å². The molecule has 2 aromatic heterocycles. The third-order valence-electron chi connectivity index (χ3n) is 6.01. The average Bonchev–Trinajstić information content (AvgIpc) is 3.27. The van der Waals surface area contributed by atoms with Crippen LogP contribution in [0.2, 0.25) is 0 Å². The number of hydrogen-bond donors (Lipinski definition) is 2. The molecule has 4 aromatic rings. The molecule has 0 saturated carbocycles. The molecule has 1 aliphatic heterocycles. The number of nitrogens with one attached hydrogen (secondary N) is 2. The molecule has 0 aliphatic carbocycles. The minimum atomic E-state index is 0.583. The molecule has 8 nitrogen and oxygen atoms in total. The normalized spacial score (nSPS) is 14.5. The minimum absolute atomic E-state index is 0.583. The molecule has 2 aromatic carbocycles. The van der Waals surface area contributed by atoms with Gasteiger partial charge in [0, 0.05) is 31.9 Å². The highest BCUT2D eigenvalue weighted by atomic mass is 16.5. The number of para-hydroxylation sites is 1. The van der Waals surface area contributed by atoms with Crippen LogP contribution in [0.5, 0.6) is 0 Å². The van der Waals surface area contributed by atoms with Gasteiger partial charge in [0.1, 0.15) is 5.82 Å². The largest absolute Gasteiger partial charge is 0.379 e. The fraction of sp³-hybridized carbons (Fsp3) is 0.320. The van der Waals surface area contributed by atoms with E-state index in [9.17, 15) is 0 Å². The molecule has 0 unspecified atom stereocenters. The summed E-state index contributed by atoms with van der Waals surface area (Å²) in [5.41, 5.74) is 5.20. The molecule has 0 atom stereocenters. The van der Waals surface area contributed by atoms with Crippen molar-refractivity contribution in [3.63, 3.8) is 0 Å². The second kappa shape index (κ2) is 9.56. The van der Waals surface area contributed by atoms with E-state index in [1.165, 1.54) is 11.1 Å². The van der Waals surface area contributed by atoms with Crippen molar-refractivity contribution in [2.75, 3.05) is 50.0 Å². The number of nitrogens with zero attached hydrogens (tertiary/aromatic N) is 5. The minimum Gasteiger partial charge on any atom is -0.379 e. The van der Waals surface area contributed by atoms with Crippen molar-refractivity contribution in [1.29, 1.82) is 0 Å². The van der Waals surface area contributed by atoms with E-state index in [0.717, 1.165) is 67.6 Å². The third kappa shape index (κ3) is 4.81. The molecule has 0 amide bonds. The van der Waals surface area contributed by atoms with Crippen LogP contribution < -0.4 is 10.6 Å². The van der Waals surface area contributed by atoms with Crippen LogP contribution in [0, 0.1) is 13.8 Å². The Hall–Kier alpha value is -3.49. The zero-order chi connectivity index (χ0) is 22.6. The van der Waals surface area contributed by atoms with Gasteiger partial charge in [-0.3, -0.25) is 4.90 Å². The smallest absolute Gasteiger partial charge is 0.226 e. The summed E-state index contributed by atoms with van der Waals surface area (Å²) in [7, 11) is 0. The van der Waals surface area contributed by atoms with Crippen LogP contribution in [-0.2, 0) is 4.74 Å². The fourth-order valence-electron chi connectivity index (χ4n) is 3.95. The molecule has 1 saturated heterocycles. The van der Waals surface area contributed by atoms with Crippen LogP contribution >= 0.6 is 0 Å². The molecule has 3 heterocycles. The standard InChI is InChI=1S/C25H29N7O/c1-18-8-9-20(16-19(18)2)28-23-22-17-27-32(21-6-4-3-5-7-21)24(22)30-25(29-23)26-10-11-31-12-14-33-15-13-31/h3-9,16-17H,10-15H2,1-2H3,(H2,26,28,29,30). The SMILES string of the molecule is Cc1ccc(Nc2nc(NCCN3CCOCC3)nc3c2cnn3-c2ccccc2)cc1C. The molecule has 0 radical (unpaired) electrons. The van der Waals surface area contributed by atoms with Gasteiger partial charge in [-0.15, -0.1) is 0 Å². The number of fused-ring (bicyclic) bond motifs is 1. The maximum absolute atomic E-state index is 5.44. The Morgan fingerprint density at radius 1 is 0.970 bits per heavy atom. The number of anilines is 3. The van der Waals surface area contributed by atoms with Crippen LogP contribution in [0.3, 0.4) is 0 Å². The summed E-state index contributed by atoms with van der Waals surface area (Å²) in [5, 5.41) is 12.4. The summed E-state index contributed by atoms with van der Waals surface area (Å²) >= 11 is 0. The number of rotatable bonds is 7. The van der Waals surface area contributed by atoms with E-state index in [4.69, 9.17) is 14.7 Å². The van der Waals surface area contributed by atoms with Gasteiger partial charge in [-0.05, 0) is 49.2 Å². The number of morpholine rings is 1. The lowest BCUT2D eigenvalue weighted by Gasteiger charge is -2.26. The first-order valence-electron chi connectivity index (χ1n) is 11.4. The Bertz CT molecular complexity index is 1230. The molecule has 1 fully saturated rings. The second-order valence-electron chi connectivity index (χ2n) is 8.33. The maximum atomic E-state index is 5.44. The Morgan fingerprint density at radius 3 is 2.58 bits per heavy atom. The fourth-order valence-corrected chi connectivity index (χ4v) is 3.95.